The lowest BCUT2D eigenvalue weighted by Crippen LogP contribution is -2.30. The van der Waals surface area contributed by atoms with E-state index in [1.54, 1.807) is 41.3 Å². The molecule has 0 saturated heterocycles. The Kier molecular flexibility index (Phi) is 7.62. The monoisotopic (exact) mass is 477 g/mol. The second-order valence-electron chi connectivity index (χ2n) is 7.78. The molecule has 1 amide bonds. The highest BCUT2D eigenvalue weighted by molar-refractivity contribution is 7.99. The Morgan fingerprint density at radius 3 is 2.64 bits per heavy atom. The number of anilines is 1. The molecule has 170 valence electrons. The summed E-state index contributed by atoms with van der Waals surface area (Å²) in [5.74, 6) is 1.79. The van der Waals surface area contributed by atoms with E-state index in [-0.39, 0.29) is 5.91 Å². The van der Waals surface area contributed by atoms with E-state index < -0.39 is 0 Å². The van der Waals surface area contributed by atoms with Crippen molar-refractivity contribution in [2.45, 2.75) is 38.1 Å². The average Bonchev–Trinajstić information content (AvgIpc) is 3.28. The van der Waals surface area contributed by atoms with E-state index in [1.165, 1.54) is 10.5 Å². The second kappa shape index (κ2) is 10.8. The van der Waals surface area contributed by atoms with E-state index in [4.69, 9.17) is 9.72 Å². The average molecular weight is 478 g/mol. The Hall–Kier alpha value is -2.90. The molecule has 2 aromatic heterocycles. The van der Waals surface area contributed by atoms with Crippen LogP contribution in [0, 0.1) is 13.8 Å². The number of aryl methyl sites for hydroxylation is 2. The molecular formula is C26H27N3O2S2. The second-order valence-corrected chi connectivity index (χ2v) is 9.96. The minimum absolute atomic E-state index is 0.0735. The number of nitrogens with zero attached hydrogens (tertiary/aromatic N) is 3. The molecule has 4 aromatic rings. The number of methoxy groups -OCH3 is 1. The van der Waals surface area contributed by atoms with Crippen molar-refractivity contribution in [3.05, 3.63) is 77.6 Å². The van der Waals surface area contributed by atoms with Gasteiger partial charge in [-0.15, -0.1) is 11.8 Å². The summed E-state index contributed by atoms with van der Waals surface area (Å²) < 4.78 is 6.31. The van der Waals surface area contributed by atoms with E-state index in [2.05, 4.69) is 31.0 Å². The number of hydrogen-bond donors (Lipinski definition) is 0. The summed E-state index contributed by atoms with van der Waals surface area (Å²) in [5.41, 5.74) is 4.20. The number of ether oxygens (including phenoxy) is 1. The largest absolute Gasteiger partial charge is 0.497 e. The first-order valence-corrected chi connectivity index (χ1v) is 12.7. The first kappa shape index (κ1) is 23.3. The quantitative estimate of drug-likeness (QED) is 0.206. The molecule has 0 unspecified atom stereocenters. The molecule has 2 heterocycles. The summed E-state index contributed by atoms with van der Waals surface area (Å²) in [6.07, 6.45) is 3.01. The zero-order valence-electron chi connectivity index (χ0n) is 19.1. The number of amides is 1. The lowest BCUT2D eigenvalue weighted by atomic mass is 10.1. The molecule has 0 saturated carbocycles. The maximum atomic E-state index is 13.3. The normalized spacial score (nSPS) is 11.0. The van der Waals surface area contributed by atoms with Gasteiger partial charge < -0.3 is 4.74 Å². The number of rotatable bonds is 9. The van der Waals surface area contributed by atoms with Gasteiger partial charge in [-0.2, -0.15) is 0 Å². The van der Waals surface area contributed by atoms with Gasteiger partial charge in [-0.05, 0) is 79.6 Å². The van der Waals surface area contributed by atoms with Gasteiger partial charge in [0.05, 0.1) is 29.6 Å². The number of thioether (sulfide) groups is 1. The number of pyridine rings is 1. The zero-order valence-corrected chi connectivity index (χ0v) is 20.7. The van der Waals surface area contributed by atoms with Crippen molar-refractivity contribution in [3.63, 3.8) is 0 Å². The topological polar surface area (TPSA) is 55.3 Å². The van der Waals surface area contributed by atoms with Gasteiger partial charge in [0.1, 0.15) is 5.75 Å². The van der Waals surface area contributed by atoms with E-state index in [0.29, 0.717) is 13.0 Å². The molecule has 0 N–H and O–H groups in total. The Balaban J connectivity index is 1.47. The Morgan fingerprint density at radius 2 is 1.91 bits per heavy atom. The van der Waals surface area contributed by atoms with Crippen molar-refractivity contribution in [1.29, 1.82) is 0 Å². The molecule has 0 aliphatic heterocycles. The Bertz CT molecular complexity index is 1220. The third kappa shape index (κ3) is 5.72. The fourth-order valence-electron chi connectivity index (χ4n) is 3.47. The summed E-state index contributed by atoms with van der Waals surface area (Å²) in [5, 5.41) is 0.733. The summed E-state index contributed by atoms with van der Waals surface area (Å²) in [6, 6.07) is 18.0. The van der Waals surface area contributed by atoms with E-state index in [1.807, 2.05) is 42.5 Å². The lowest BCUT2D eigenvalue weighted by molar-refractivity contribution is -0.118. The van der Waals surface area contributed by atoms with Crippen LogP contribution in [0.15, 0.2) is 65.7 Å². The van der Waals surface area contributed by atoms with Crippen LogP contribution in [-0.2, 0) is 11.3 Å². The fraction of sp³-hybridized carbons (Fsp3) is 0.269. The van der Waals surface area contributed by atoms with Gasteiger partial charge in [-0.3, -0.25) is 14.7 Å². The minimum atomic E-state index is 0.0735. The molecule has 0 aliphatic carbocycles. The van der Waals surface area contributed by atoms with Crippen LogP contribution in [0.2, 0.25) is 0 Å². The van der Waals surface area contributed by atoms with Crippen LogP contribution in [-0.4, -0.2) is 28.7 Å². The number of aromatic nitrogens is 2. The summed E-state index contributed by atoms with van der Waals surface area (Å²) >= 11 is 3.31. The predicted molar refractivity (Wildman–Crippen MR) is 137 cm³/mol. The van der Waals surface area contributed by atoms with Crippen LogP contribution in [0.1, 0.15) is 29.7 Å². The number of fused-ring (bicyclic) bond motifs is 1. The SMILES string of the molecule is COc1ccc(SCCCC(=O)N(Cc2ccccn2)c2nc3c(C)c(C)ccc3s2)cc1. The molecular weight excluding hydrogens is 450 g/mol. The molecule has 7 heteroatoms. The van der Waals surface area contributed by atoms with E-state index in [0.717, 1.165) is 44.5 Å². The van der Waals surface area contributed by atoms with Crippen molar-refractivity contribution in [2.24, 2.45) is 0 Å². The molecule has 0 aliphatic rings. The molecule has 0 bridgehead atoms. The summed E-state index contributed by atoms with van der Waals surface area (Å²) in [7, 11) is 1.67. The predicted octanol–water partition coefficient (Wildman–Crippen LogP) is 6.42. The lowest BCUT2D eigenvalue weighted by Gasteiger charge is -2.19. The first-order valence-electron chi connectivity index (χ1n) is 10.9. The molecule has 33 heavy (non-hydrogen) atoms. The maximum absolute atomic E-state index is 13.3. The highest BCUT2D eigenvalue weighted by Gasteiger charge is 2.21. The van der Waals surface area contributed by atoms with Crippen LogP contribution in [0.3, 0.4) is 0 Å². The summed E-state index contributed by atoms with van der Waals surface area (Å²) in [4.78, 5) is 25.6. The van der Waals surface area contributed by atoms with Gasteiger partial charge in [-0.1, -0.05) is 23.5 Å². The highest BCUT2D eigenvalue weighted by atomic mass is 32.2. The van der Waals surface area contributed by atoms with Gasteiger partial charge in [0.2, 0.25) is 5.91 Å². The third-order valence-corrected chi connectivity index (χ3v) is 7.66. The minimum Gasteiger partial charge on any atom is -0.497 e. The van der Waals surface area contributed by atoms with Crippen molar-refractivity contribution >= 4 is 44.4 Å². The van der Waals surface area contributed by atoms with Crippen LogP contribution in [0.25, 0.3) is 10.2 Å². The standard InChI is InChI=1S/C26H27N3O2S2/c1-18-9-14-23-25(19(18)2)28-26(33-23)29(17-20-7-4-5-15-27-20)24(30)8-6-16-32-22-12-10-21(31-3)11-13-22/h4-5,7,9-15H,6,8,16-17H2,1-3H3. The molecule has 0 radical (unpaired) electrons. The maximum Gasteiger partial charge on any atom is 0.229 e. The van der Waals surface area contributed by atoms with Gasteiger partial charge in [-0.25, -0.2) is 4.98 Å². The molecule has 4 rings (SSSR count). The molecule has 5 nitrogen and oxygen atoms in total. The highest BCUT2D eigenvalue weighted by Crippen LogP contribution is 2.33. The van der Waals surface area contributed by atoms with Gasteiger partial charge in [0.15, 0.2) is 5.13 Å². The van der Waals surface area contributed by atoms with Crippen molar-refractivity contribution in [1.82, 2.24) is 9.97 Å². The molecule has 0 atom stereocenters. The Labute approximate surface area is 202 Å². The zero-order chi connectivity index (χ0) is 23.2. The molecule has 2 aromatic carbocycles. The third-order valence-electron chi connectivity index (χ3n) is 5.51. The van der Waals surface area contributed by atoms with Gasteiger partial charge in [0.25, 0.3) is 0 Å². The summed E-state index contributed by atoms with van der Waals surface area (Å²) in [6.45, 7) is 4.59. The van der Waals surface area contributed by atoms with Crippen LogP contribution < -0.4 is 9.64 Å². The molecule has 0 fully saturated rings. The Morgan fingerprint density at radius 1 is 1.09 bits per heavy atom. The van der Waals surface area contributed by atoms with Crippen molar-refractivity contribution in [3.8, 4) is 5.75 Å². The van der Waals surface area contributed by atoms with E-state index in [9.17, 15) is 4.79 Å². The first-order chi connectivity index (χ1) is 16.0. The van der Waals surface area contributed by atoms with Crippen LogP contribution in [0.4, 0.5) is 5.13 Å². The van der Waals surface area contributed by atoms with Crippen molar-refractivity contribution in [2.75, 3.05) is 17.8 Å². The van der Waals surface area contributed by atoms with Crippen LogP contribution >= 0.6 is 23.1 Å². The number of carbonyl (C=O) groups excluding carboxylic acids is 1. The number of thiazole rings is 1. The molecule has 0 spiro atoms. The van der Waals surface area contributed by atoms with Crippen molar-refractivity contribution < 1.29 is 9.53 Å². The van der Waals surface area contributed by atoms with Gasteiger partial charge >= 0.3 is 0 Å². The fourth-order valence-corrected chi connectivity index (χ4v) is 5.36. The number of hydrogen-bond acceptors (Lipinski definition) is 6. The van der Waals surface area contributed by atoms with Crippen LogP contribution in [0.5, 0.6) is 5.75 Å². The van der Waals surface area contributed by atoms with E-state index >= 15 is 0 Å². The van der Waals surface area contributed by atoms with Gasteiger partial charge in [0, 0.05) is 17.5 Å². The number of benzene rings is 2. The number of carbonyl (C=O) groups is 1. The smallest absolute Gasteiger partial charge is 0.229 e.